The van der Waals surface area contributed by atoms with E-state index in [1.807, 2.05) is 6.92 Å². The molecule has 3 aromatic heterocycles. The summed E-state index contributed by atoms with van der Waals surface area (Å²) in [6.45, 7) is 7.03. The number of aryl methyl sites for hydroxylation is 1. The molecular weight excluding hydrogens is 318 g/mol. The van der Waals surface area contributed by atoms with Gasteiger partial charge in [-0.25, -0.2) is 4.98 Å². The normalized spacial score (nSPS) is 18.9. The van der Waals surface area contributed by atoms with Crippen molar-refractivity contribution in [3.05, 3.63) is 29.8 Å². The first kappa shape index (κ1) is 16.0. The number of rotatable bonds is 3. The largest absolute Gasteiger partial charge is 0.346 e. The molecule has 0 N–H and O–H groups in total. The number of anilines is 1. The molecule has 4 heterocycles. The van der Waals surface area contributed by atoms with Gasteiger partial charge in [0, 0.05) is 24.2 Å². The van der Waals surface area contributed by atoms with Crippen LogP contribution in [0.1, 0.15) is 68.9 Å². The molecule has 0 saturated carbocycles. The highest BCUT2D eigenvalue weighted by Gasteiger charge is 2.29. The minimum Gasteiger partial charge on any atom is -0.346 e. The fraction of sp³-hybridized carbons (Fsp3) is 0.588. The molecular formula is C17H23N7O. The quantitative estimate of drug-likeness (QED) is 0.723. The molecule has 3 aromatic rings. The van der Waals surface area contributed by atoms with E-state index >= 15 is 0 Å². The summed E-state index contributed by atoms with van der Waals surface area (Å²) < 4.78 is 7.27. The van der Waals surface area contributed by atoms with Gasteiger partial charge in [0.05, 0.1) is 6.04 Å². The molecule has 1 fully saturated rings. The number of hydrogen-bond acceptors (Lipinski definition) is 7. The molecule has 0 aliphatic carbocycles. The Kier molecular flexibility index (Phi) is 4.10. The average molecular weight is 341 g/mol. The predicted octanol–water partition coefficient (Wildman–Crippen LogP) is 3.06. The minimum absolute atomic E-state index is 0.0768. The lowest BCUT2D eigenvalue weighted by Gasteiger charge is -2.29. The van der Waals surface area contributed by atoms with Crippen molar-refractivity contribution in [1.82, 2.24) is 29.7 Å². The fourth-order valence-corrected chi connectivity index (χ4v) is 3.38. The Morgan fingerprint density at radius 3 is 2.88 bits per heavy atom. The van der Waals surface area contributed by atoms with E-state index in [-0.39, 0.29) is 12.0 Å². The van der Waals surface area contributed by atoms with Crippen LogP contribution in [0.15, 0.2) is 16.9 Å². The second kappa shape index (κ2) is 6.42. The Hall–Kier alpha value is -2.51. The van der Waals surface area contributed by atoms with Crippen molar-refractivity contribution in [3.63, 3.8) is 0 Å². The number of fused-ring (bicyclic) bond motifs is 1. The van der Waals surface area contributed by atoms with Gasteiger partial charge in [-0.15, -0.1) is 0 Å². The zero-order valence-electron chi connectivity index (χ0n) is 14.9. The van der Waals surface area contributed by atoms with Crippen LogP contribution >= 0.6 is 0 Å². The standard InChI is InChI=1S/C17H23N7O/c1-11(2)16-21-15(22-25-16)13-7-5-4-6-8-23(13)14-9-12(3)20-17-18-10-19-24(14)17/h9-11,13H,4-8H2,1-3H3/t13-/m1/s1. The fourth-order valence-electron chi connectivity index (χ4n) is 3.38. The van der Waals surface area contributed by atoms with Crippen LogP contribution in [0.25, 0.3) is 5.78 Å². The SMILES string of the molecule is Cc1cc(N2CCCCC[C@@H]2c2noc(C(C)C)n2)n2ncnc2n1. The minimum atomic E-state index is 0.0768. The van der Waals surface area contributed by atoms with E-state index < -0.39 is 0 Å². The van der Waals surface area contributed by atoms with Gasteiger partial charge in [-0.05, 0) is 19.8 Å². The molecule has 25 heavy (non-hydrogen) atoms. The van der Waals surface area contributed by atoms with Crippen LogP contribution < -0.4 is 4.90 Å². The first-order valence-electron chi connectivity index (χ1n) is 8.91. The van der Waals surface area contributed by atoms with Crippen molar-refractivity contribution in [2.24, 2.45) is 0 Å². The Morgan fingerprint density at radius 1 is 1.20 bits per heavy atom. The Balaban J connectivity index is 1.79. The highest BCUT2D eigenvalue weighted by molar-refractivity contribution is 5.48. The molecule has 1 aliphatic heterocycles. The lowest BCUT2D eigenvalue weighted by molar-refractivity contribution is 0.356. The van der Waals surface area contributed by atoms with Crippen molar-refractivity contribution in [2.45, 2.75) is 58.4 Å². The zero-order chi connectivity index (χ0) is 17.4. The van der Waals surface area contributed by atoms with Gasteiger partial charge < -0.3 is 9.42 Å². The molecule has 0 bridgehead atoms. The Bertz CT molecular complexity index is 869. The van der Waals surface area contributed by atoms with Crippen LogP contribution in [0.3, 0.4) is 0 Å². The van der Waals surface area contributed by atoms with Gasteiger partial charge in [-0.1, -0.05) is 31.8 Å². The van der Waals surface area contributed by atoms with Crippen LogP contribution in [-0.2, 0) is 0 Å². The molecule has 8 heteroatoms. The van der Waals surface area contributed by atoms with E-state index in [1.165, 1.54) is 6.42 Å². The Labute approximate surface area is 146 Å². The Morgan fingerprint density at radius 2 is 2.08 bits per heavy atom. The summed E-state index contributed by atoms with van der Waals surface area (Å²) in [7, 11) is 0. The second-order valence-electron chi connectivity index (χ2n) is 6.93. The molecule has 4 rings (SSSR count). The highest BCUT2D eigenvalue weighted by Crippen LogP contribution is 2.33. The molecule has 1 aliphatic rings. The van der Waals surface area contributed by atoms with Crippen LogP contribution in [0.4, 0.5) is 5.82 Å². The number of hydrogen-bond donors (Lipinski definition) is 0. The molecule has 1 saturated heterocycles. The average Bonchev–Trinajstić information content (AvgIpc) is 3.18. The van der Waals surface area contributed by atoms with Gasteiger partial charge >= 0.3 is 0 Å². The van der Waals surface area contributed by atoms with E-state index in [0.29, 0.717) is 11.7 Å². The number of nitrogens with zero attached hydrogens (tertiary/aromatic N) is 7. The molecule has 0 spiro atoms. The third-order valence-electron chi connectivity index (χ3n) is 4.66. The molecule has 1 atom stereocenters. The number of aromatic nitrogens is 6. The summed E-state index contributed by atoms with van der Waals surface area (Å²) in [6.07, 6.45) is 6.02. The van der Waals surface area contributed by atoms with Gasteiger partial charge in [-0.2, -0.15) is 19.6 Å². The molecule has 0 amide bonds. The molecule has 132 valence electrons. The summed E-state index contributed by atoms with van der Waals surface area (Å²) in [4.78, 5) is 15.7. The third-order valence-corrected chi connectivity index (χ3v) is 4.66. The predicted molar refractivity (Wildman–Crippen MR) is 92.5 cm³/mol. The van der Waals surface area contributed by atoms with Crippen LogP contribution in [-0.4, -0.2) is 36.3 Å². The van der Waals surface area contributed by atoms with E-state index in [2.05, 4.69) is 50.0 Å². The van der Waals surface area contributed by atoms with Gasteiger partial charge in [0.15, 0.2) is 5.82 Å². The second-order valence-corrected chi connectivity index (χ2v) is 6.93. The van der Waals surface area contributed by atoms with E-state index in [9.17, 15) is 0 Å². The maximum absolute atomic E-state index is 5.47. The summed E-state index contributed by atoms with van der Waals surface area (Å²) in [5.41, 5.74) is 0.925. The summed E-state index contributed by atoms with van der Waals surface area (Å²) in [5, 5.41) is 8.64. The van der Waals surface area contributed by atoms with Crippen LogP contribution in [0.2, 0.25) is 0 Å². The summed E-state index contributed by atoms with van der Waals surface area (Å²) >= 11 is 0. The van der Waals surface area contributed by atoms with E-state index in [4.69, 9.17) is 4.52 Å². The van der Waals surface area contributed by atoms with Crippen molar-refractivity contribution >= 4 is 11.6 Å². The van der Waals surface area contributed by atoms with Crippen molar-refractivity contribution in [2.75, 3.05) is 11.4 Å². The van der Waals surface area contributed by atoms with E-state index in [1.54, 1.807) is 10.8 Å². The van der Waals surface area contributed by atoms with E-state index in [0.717, 1.165) is 43.1 Å². The smallest absolute Gasteiger partial charge is 0.254 e. The maximum atomic E-state index is 5.47. The van der Waals surface area contributed by atoms with Gasteiger partial charge in [0.2, 0.25) is 5.89 Å². The summed E-state index contributed by atoms with van der Waals surface area (Å²) in [5.74, 6) is 3.28. The van der Waals surface area contributed by atoms with Crippen molar-refractivity contribution < 1.29 is 4.52 Å². The molecule has 0 unspecified atom stereocenters. The van der Waals surface area contributed by atoms with Crippen LogP contribution in [0, 0.1) is 6.92 Å². The monoisotopic (exact) mass is 341 g/mol. The topological polar surface area (TPSA) is 85.2 Å². The summed E-state index contributed by atoms with van der Waals surface area (Å²) in [6, 6.07) is 2.14. The first-order valence-corrected chi connectivity index (χ1v) is 8.91. The van der Waals surface area contributed by atoms with Gasteiger partial charge in [0.25, 0.3) is 5.78 Å². The lowest BCUT2D eigenvalue weighted by atomic mass is 10.1. The van der Waals surface area contributed by atoms with Gasteiger partial charge in [-0.3, -0.25) is 0 Å². The lowest BCUT2D eigenvalue weighted by Crippen LogP contribution is -2.31. The molecule has 8 nitrogen and oxygen atoms in total. The van der Waals surface area contributed by atoms with Crippen molar-refractivity contribution in [3.8, 4) is 0 Å². The van der Waals surface area contributed by atoms with Crippen LogP contribution in [0.5, 0.6) is 0 Å². The maximum Gasteiger partial charge on any atom is 0.254 e. The zero-order valence-corrected chi connectivity index (χ0v) is 14.9. The van der Waals surface area contributed by atoms with Crippen molar-refractivity contribution in [1.29, 1.82) is 0 Å². The third kappa shape index (κ3) is 2.96. The highest BCUT2D eigenvalue weighted by atomic mass is 16.5. The molecule has 0 aromatic carbocycles. The first-order chi connectivity index (χ1) is 12.1. The molecule has 0 radical (unpaired) electrons. The van der Waals surface area contributed by atoms with Gasteiger partial charge in [0.1, 0.15) is 12.1 Å².